The van der Waals surface area contributed by atoms with Crippen LogP contribution in [0.2, 0.25) is 0 Å². The lowest BCUT2D eigenvalue weighted by Crippen LogP contribution is -2.22. The normalized spacial score (nSPS) is 22.7. The van der Waals surface area contributed by atoms with Crippen LogP contribution in [0.5, 0.6) is 0 Å². The van der Waals surface area contributed by atoms with Crippen molar-refractivity contribution >= 4 is 0 Å². The van der Waals surface area contributed by atoms with Crippen LogP contribution < -0.4 is 0 Å². The lowest BCUT2D eigenvalue weighted by molar-refractivity contribution is 0.371. The molecule has 1 aliphatic carbocycles. The molecule has 1 N–H and O–H groups in total. The topological polar surface area (TPSA) is 41.6 Å². The molecular formula is C12H21N3. The summed E-state index contributed by atoms with van der Waals surface area (Å²) in [4.78, 5) is 0. The predicted molar refractivity (Wildman–Crippen MR) is 60.7 cm³/mol. The molecule has 1 aromatic rings. The summed E-state index contributed by atoms with van der Waals surface area (Å²) in [6.45, 7) is 2.34. The Bertz CT molecular complexity index is 269. The summed E-state index contributed by atoms with van der Waals surface area (Å²) < 4.78 is 0. The average Bonchev–Trinajstić information content (AvgIpc) is 2.75. The van der Waals surface area contributed by atoms with Crippen LogP contribution in [0, 0.1) is 0 Å². The first kappa shape index (κ1) is 10.7. The van der Waals surface area contributed by atoms with Gasteiger partial charge in [-0.15, -0.1) is 0 Å². The molecule has 0 amide bonds. The van der Waals surface area contributed by atoms with E-state index in [0.29, 0.717) is 0 Å². The first-order valence-corrected chi connectivity index (χ1v) is 6.17. The summed E-state index contributed by atoms with van der Waals surface area (Å²) in [5.41, 5.74) is 1.42. The highest BCUT2D eigenvalue weighted by Gasteiger charge is 2.28. The summed E-state index contributed by atoms with van der Waals surface area (Å²) in [7, 11) is 0. The highest BCUT2D eigenvalue weighted by atomic mass is 15.3. The molecule has 1 aromatic heterocycles. The summed E-state index contributed by atoms with van der Waals surface area (Å²) in [5.74, 6) is 0. The van der Waals surface area contributed by atoms with Gasteiger partial charge in [-0.1, -0.05) is 45.4 Å². The summed E-state index contributed by atoms with van der Waals surface area (Å²) in [6.07, 6.45) is 12.7. The second kappa shape index (κ2) is 4.77. The zero-order valence-corrected chi connectivity index (χ0v) is 9.63. The zero-order valence-electron chi connectivity index (χ0n) is 9.63. The van der Waals surface area contributed by atoms with Gasteiger partial charge in [0.05, 0.1) is 11.9 Å². The van der Waals surface area contributed by atoms with E-state index in [0.717, 1.165) is 5.69 Å². The largest absolute Gasteiger partial charge is 0.198 e. The lowest BCUT2D eigenvalue weighted by atomic mass is 9.78. The van der Waals surface area contributed by atoms with Crippen LogP contribution in [-0.4, -0.2) is 15.4 Å². The van der Waals surface area contributed by atoms with Gasteiger partial charge in [-0.2, -0.15) is 15.4 Å². The summed E-state index contributed by atoms with van der Waals surface area (Å²) in [5, 5.41) is 11.0. The van der Waals surface area contributed by atoms with Gasteiger partial charge in [0.15, 0.2) is 0 Å². The minimum atomic E-state index is 0.261. The second-order valence-electron chi connectivity index (χ2n) is 5.04. The maximum absolute atomic E-state index is 4.28. The predicted octanol–water partition coefficient (Wildman–Crippen LogP) is 3.20. The van der Waals surface area contributed by atoms with Crippen molar-refractivity contribution in [3.63, 3.8) is 0 Å². The van der Waals surface area contributed by atoms with Crippen LogP contribution >= 0.6 is 0 Å². The highest BCUT2D eigenvalue weighted by molar-refractivity contribution is 5.09. The number of hydrogen-bond donors (Lipinski definition) is 1. The number of aromatic amines is 1. The SMILES string of the molecule is CC1(c2cn[nH]n2)CCCCCCCC1. The molecule has 0 bridgehead atoms. The van der Waals surface area contributed by atoms with Crippen molar-refractivity contribution in [3.05, 3.63) is 11.9 Å². The van der Waals surface area contributed by atoms with Gasteiger partial charge < -0.3 is 0 Å². The minimum absolute atomic E-state index is 0.261. The van der Waals surface area contributed by atoms with E-state index in [4.69, 9.17) is 0 Å². The monoisotopic (exact) mass is 207 g/mol. The maximum atomic E-state index is 4.28. The Labute approximate surface area is 91.7 Å². The Morgan fingerprint density at radius 3 is 2.20 bits per heavy atom. The molecule has 1 fully saturated rings. The molecular weight excluding hydrogens is 186 g/mol. The second-order valence-corrected chi connectivity index (χ2v) is 5.04. The Morgan fingerprint density at radius 1 is 1.07 bits per heavy atom. The van der Waals surface area contributed by atoms with Gasteiger partial charge in [-0.3, -0.25) is 0 Å². The molecule has 15 heavy (non-hydrogen) atoms. The first-order chi connectivity index (χ1) is 7.31. The molecule has 0 saturated heterocycles. The van der Waals surface area contributed by atoms with Crippen LogP contribution in [0.4, 0.5) is 0 Å². The standard InChI is InChI=1S/C12H21N3/c1-12(11-10-13-15-14-11)8-6-4-2-3-5-7-9-12/h10H,2-9H2,1H3,(H,13,14,15). The number of nitrogens with one attached hydrogen (secondary N) is 1. The lowest BCUT2D eigenvalue weighted by Gasteiger charge is -2.26. The molecule has 0 spiro atoms. The Kier molecular flexibility index (Phi) is 3.39. The van der Waals surface area contributed by atoms with Crippen molar-refractivity contribution in [2.24, 2.45) is 0 Å². The van der Waals surface area contributed by atoms with E-state index in [-0.39, 0.29) is 5.41 Å². The third kappa shape index (κ3) is 2.58. The maximum Gasteiger partial charge on any atom is 0.0883 e. The van der Waals surface area contributed by atoms with E-state index >= 15 is 0 Å². The number of H-pyrrole nitrogens is 1. The molecule has 2 rings (SSSR count). The Balaban J connectivity index is 2.09. The average molecular weight is 207 g/mol. The fraction of sp³-hybridized carbons (Fsp3) is 0.833. The number of hydrogen-bond acceptors (Lipinski definition) is 2. The third-order valence-corrected chi connectivity index (χ3v) is 3.74. The van der Waals surface area contributed by atoms with Gasteiger partial charge in [-0.05, 0) is 12.8 Å². The molecule has 0 radical (unpaired) electrons. The zero-order chi connectivity index (χ0) is 10.6. The van der Waals surface area contributed by atoms with Gasteiger partial charge in [0, 0.05) is 5.41 Å². The van der Waals surface area contributed by atoms with Crippen molar-refractivity contribution in [2.45, 2.75) is 63.7 Å². The van der Waals surface area contributed by atoms with Crippen LogP contribution in [0.15, 0.2) is 6.20 Å². The first-order valence-electron chi connectivity index (χ1n) is 6.17. The van der Waals surface area contributed by atoms with Crippen molar-refractivity contribution in [3.8, 4) is 0 Å². The molecule has 0 aromatic carbocycles. The van der Waals surface area contributed by atoms with Crippen LogP contribution in [0.25, 0.3) is 0 Å². The molecule has 1 heterocycles. The van der Waals surface area contributed by atoms with Crippen LogP contribution in [0.1, 0.15) is 64.0 Å². The fourth-order valence-corrected chi connectivity index (χ4v) is 2.61. The van der Waals surface area contributed by atoms with Crippen LogP contribution in [-0.2, 0) is 5.41 Å². The van der Waals surface area contributed by atoms with Crippen molar-refractivity contribution in [1.82, 2.24) is 15.4 Å². The van der Waals surface area contributed by atoms with Gasteiger partial charge in [0.2, 0.25) is 0 Å². The Morgan fingerprint density at radius 2 is 1.67 bits per heavy atom. The van der Waals surface area contributed by atoms with E-state index in [9.17, 15) is 0 Å². The molecule has 84 valence electrons. The molecule has 1 saturated carbocycles. The van der Waals surface area contributed by atoms with E-state index in [1.54, 1.807) is 0 Å². The number of nitrogens with zero attached hydrogens (tertiary/aromatic N) is 2. The van der Waals surface area contributed by atoms with E-state index in [2.05, 4.69) is 22.3 Å². The molecule has 0 aliphatic heterocycles. The molecule has 3 heteroatoms. The minimum Gasteiger partial charge on any atom is -0.198 e. The summed E-state index contributed by atoms with van der Waals surface area (Å²) >= 11 is 0. The molecule has 1 aliphatic rings. The molecule has 0 unspecified atom stereocenters. The summed E-state index contributed by atoms with van der Waals surface area (Å²) in [6, 6.07) is 0. The van der Waals surface area contributed by atoms with Gasteiger partial charge in [0.25, 0.3) is 0 Å². The number of aromatic nitrogens is 3. The molecule has 0 atom stereocenters. The van der Waals surface area contributed by atoms with Gasteiger partial charge in [0.1, 0.15) is 0 Å². The van der Waals surface area contributed by atoms with Crippen LogP contribution in [0.3, 0.4) is 0 Å². The van der Waals surface area contributed by atoms with E-state index in [1.165, 1.54) is 51.4 Å². The Hall–Kier alpha value is -0.860. The number of rotatable bonds is 1. The third-order valence-electron chi connectivity index (χ3n) is 3.74. The fourth-order valence-electron chi connectivity index (χ4n) is 2.61. The quantitative estimate of drug-likeness (QED) is 0.768. The van der Waals surface area contributed by atoms with E-state index < -0.39 is 0 Å². The van der Waals surface area contributed by atoms with Crippen molar-refractivity contribution < 1.29 is 0 Å². The van der Waals surface area contributed by atoms with E-state index in [1.807, 2.05) is 6.20 Å². The highest BCUT2D eigenvalue weighted by Crippen LogP contribution is 2.34. The van der Waals surface area contributed by atoms with Crippen molar-refractivity contribution in [2.75, 3.05) is 0 Å². The molecule has 3 nitrogen and oxygen atoms in total. The van der Waals surface area contributed by atoms with Crippen molar-refractivity contribution in [1.29, 1.82) is 0 Å². The smallest absolute Gasteiger partial charge is 0.0883 e. The van der Waals surface area contributed by atoms with Gasteiger partial charge >= 0.3 is 0 Å². The van der Waals surface area contributed by atoms with Gasteiger partial charge in [-0.25, -0.2) is 0 Å².